The maximum Gasteiger partial charge on any atom is 0.303 e. The molecule has 2 aromatic carbocycles. The lowest BCUT2D eigenvalue weighted by atomic mass is 9.91. The van der Waals surface area contributed by atoms with E-state index in [0.29, 0.717) is 24.4 Å². The highest BCUT2D eigenvalue weighted by molar-refractivity contribution is 7.89. The highest BCUT2D eigenvalue weighted by atomic mass is 32.2. The number of tetrazole rings is 1. The number of benzene rings is 2. The number of anilines is 1. The van der Waals surface area contributed by atoms with Gasteiger partial charge in [0.2, 0.25) is 15.8 Å². The number of aromatic nitrogens is 8. The molecule has 17 nitrogen and oxygen atoms in total. The third kappa shape index (κ3) is 8.83. The minimum atomic E-state index is -3.66. The molecule has 0 amide bonds. The van der Waals surface area contributed by atoms with Gasteiger partial charge in [-0.2, -0.15) is 4.80 Å². The quantitative estimate of drug-likeness (QED) is 0.148. The second-order valence-corrected chi connectivity index (χ2v) is 14.8. The number of imidazole rings is 1. The zero-order chi connectivity index (χ0) is 37.7. The van der Waals surface area contributed by atoms with E-state index in [1.54, 1.807) is 0 Å². The van der Waals surface area contributed by atoms with Crippen LogP contribution in [0.25, 0.3) is 11.2 Å². The Morgan fingerprint density at radius 3 is 2.17 bits per heavy atom. The van der Waals surface area contributed by atoms with Crippen LogP contribution in [-0.2, 0) is 46.9 Å². The van der Waals surface area contributed by atoms with Crippen LogP contribution in [0.1, 0.15) is 75.6 Å². The maximum absolute atomic E-state index is 12.9. The van der Waals surface area contributed by atoms with E-state index < -0.39 is 46.5 Å². The number of rotatable bonds is 15. The Hall–Kier alpha value is -5.33. The fraction of sp³-hybridized carbons (Fsp3) is 0.429. The molecule has 6 rings (SSSR count). The average Bonchev–Trinajstić information content (AvgIpc) is 3.85. The number of hydrogen-bond donors (Lipinski definition) is 2. The van der Waals surface area contributed by atoms with Crippen LogP contribution in [0.4, 0.5) is 5.82 Å². The van der Waals surface area contributed by atoms with Crippen molar-refractivity contribution < 1.29 is 32.2 Å². The Bertz CT molecular complexity index is 2100. The number of nitrogens with zero attached hydrogens (tertiary/aromatic N) is 8. The Morgan fingerprint density at radius 2 is 1.58 bits per heavy atom. The van der Waals surface area contributed by atoms with E-state index >= 15 is 0 Å². The first kappa shape index (κ1) is 37.4. The van der Waals surface area contributed by atoms with Gasteiger partial charge in [-0.1, -0.05) is 74.5 Å². The molecule has 5 aromatic rings. The molecule has 18 heteroatoms. The first-order valence-electron chi connectivity index (χ1n) is 17.2. The lowest BCUT2D eigenvalue weighted by Gasteiger charge is -2.23. The van der Waals surface area contributed by atoms with Gasteiger partial charge in [0.1, 0.15) is 5.82 Å². The van der Waals surface area contributed by atoms with Crippen molar-refractivity contribution in [2.24, 2.45) is 5.92 Å². The van der Waals surface area contributed by atoms with E-state index in [-0.39, 0.29) is 41.4 Å². The van der Waals surface area contributed by atoms with E-state index in [1.165, 1.54) is 29.5 Å². The highest BCUT2D eigenvalue weighted by Crippen LogP contribution is 2.42. The number of carbonyl (C=O) groups is 2. The van der Waals surface area contributed by atoms with E-state index in [4.69, 9.17) is 24.2 Å². The van der Waals surface area contributed by atoms with Gasteiger partial charge < -0.3 is 19.5 Å². The van der Waals surface area contributed by atoms with Crippen molar-refractivity contribution in [2.75, 3.05) is 17.6 Å². The topological polar surface area (TPSA) is 207 Å². The molecular formula is C35H42N10O7S. The van der Waals surface area contributed by atoms with Gasteiger partial charge in [0.15, 0.2) is 41.5 Å². The normalized spacial score (nSPS) is 18.8. The standard InChI is InChI=1S/C35H42N10O7S/c1-6-45-42-33(41-43-45)30-29(50-22(4)46)31(51-23(5)47)35(52-30)44-20-37-28-32(39-27(40-34(28)44)18-38-53(48,49)19-21(2)3)36-17-26(24-13-9-7-10-14-24)25-15-11-8-12-16-25/h7-16,20-21,26,29-31,35,38H,6,17-19H2,1-5H3,(H,36,39,40)/t29-,30-,31+,35+/m0/s1. The number of nitrogens with one attached hydrogen (secondary N) is 2. The fourth-order valence-corrected chi connectivity index (χ4v) is 7.58. The van der Waals surface area contributed by atoms with Crippen molar-refractivity contribution in [2.45, 2.75) is 78.2 Å². The van der Waals surface area contributed by atoms with Crippen LogP contribution in [-0.4, -0.2) is 84.6 Å². The lowest BCUT2D eigenvalue weighted by Crippen LogP contribution is -2.37. The summed E-state index contributed by atoms with van der Waals surface area (Å²) >= 11 is 0. The van der Waals surface area contributed by atoms with Gasteiger partial charge in [-0.25, -0.2) is 28.1 Å². The number of sulfonamides is 1. The summed E-state index contributed by atoms with van der Waals surface area (Å²) in [5.41, 5.74) is 2.73. The second kappa shape index (κ2) is 16.1. The van der Waals surface area contributed by atoms with Crippen LogP contribution in [0.2, 0.25) is 0 Å². The molecule has 1 aliphatic rings. The minimum Gasteiger partial charge on any atom is -0.455 e. The summed E-state index contributed by atoms with van der Waals surface area (Å²) in [5, 5.41) is 15.9. The summed E-state index contributed by atoms with van der Waals surface area (Å²) in [6.45, 7) is 8.53. The smallest absolute Gasteiger partial charge is 0.303 e. The summed E-state index contributed by atoms with van der Waals surface area (Å²) in [5.74, 6) is -0.961. The van der Waals surface area contributed by atoms with Crippen LogP contribution >= 0.6 is 0 Å². The molecule has 0 aliphatic carbocycles. The highest BCUT2D eigenvalue weighted by Gasteiger charge is 2.53. The third-order valence-electron chi connectivity index (χ3n) is 8.42. The molecule has 1 saturated heterocycles. The number of fused-ring (bicyclic) bond motifs is 1. The van der Waals surface area contributed by atoms with Crippen LogP contribution in [0, 0.1) is 5.92 Å². The first-order valence-corrected chi connectivity index (χ1v) is 18.9. The molecular weight excluding hydrogens is 705 g/mol. The predicted molar refractivity (Wildman–Crippen MR) is 191 cm³/mol. The van der Waals surface area contributed by atoms with Crippen LogP contribution in [0.15, 0.2) is 67.0 Å². The predicted octanol–water partition coefficient (Wildman–Crippen LogP) is 3.29. The SMILES string of the molecule is CCn1nnc([C@H]2O[C@@H](n3cnc4c(NCC(c5ccccc5)c5ccccc5)nc(CNS(=O)(=O)CC(C)C)nc43)[C@H](OC(C)=O)[C@H]2OC(C)=O)n1. The molecule has 4 heterocycles. The molecule has 280 valence electrons. The molecule has 0 saturated carbocycles. The zero-order valence-electron chi connectivity index (χ0n) is 30.0. The van der Waals surface area contributed by atoms with Crippen molar-refractivity contribution in [1.29, 1.82) is 0 Å². The number of hydrogen-bond acceptors (Lipinski definition) is 14. The molecule has 0 spiro atoms. The first-order chi connectivity index (χ1) is 25.4. The van der Waals surface area contributed by atoms with Crippen molar-refractivity contribution in [3.8, 4) is 0 Å². The average molecular weight is 747 g/mol. The van der Waals surface area contributed by atoms with Crippen molar-refractivity contribution >= 4 is 38.9 Å². The third-order valence-corrected chi connectivity index (χ3v) is 10.1. The van der Waals surface area contributed by atoms with Gasteiger partial charge in [0, 0.05) is 26.3 Å². The van der Waals surface area contributed by atoms with Crippen LogP contribution in [0.3, 0.4) is 0 Å². The molecule has 1 fully saturated rings. The second-order valence-electron chi connectivity index (χ2n) is 13.0. The zero-order valence-corrected chi connectivity index (χ0v) is 30.8. The molecule has 4 atom stereocenters. The summed E-state index contributed by atoms with van der Waals surface area (Å²) < 4.78 is 47.7. The fourth-order valence-electron chi connectivity index (χ4n) is 6.23. The Labute approximate surface area is 306 Å². The summed E-state index contributed by atoms with van der Waals surface area (Å²) in [6, 6.07) is 20.0. The molecule has 2 N–H and O–H groups in total. The number of aryl methyl sites for hydroxylation is 1. The maximum atomic E-state index is 12.9. The largest absolute Gasteiger partial charge is 0.455 e. The summed E-state index contributed by atoms with van der Waals surface area (Å²) in [4.78, 5) is 40.2. The Kier molecular flexibility index (Phi) is 11.4. The van der Waals surface area contributed by atoms with Crippen molar-refractivity contribution in [1.82, 2.24) is 44.4 Å². The van der Waals surface area contributed by atoms with Gasteiger partial charge in [-0.3, -0.25) is 14.2 Å². The van der Waals surface area contributed by atoms with E-state index in [1.807, 2.05) is 57.2 Å². The van der Waals surface area contributed by atoms with Crippen molar-refractivity contribution in [3.05, 3.63) is 89.8 Å². The number of carbonyl (C=O) groups excluding carboxylic acids is 2. The Morgan fingerprint density at radius 1 is 0.943 bits per heavy atom. The molecule has 53 heavy (non-hydrogen) atoms. The molecule has 0 radical (unpaired) electrons. The van der Waals surface area contributed by atoms with E-state index in [9.17, 15) is 18.0 Å². The summed E-state index contributed by atoms with van der Waals surface area (Å²) in [7, 11) is -3.66. The van der Waals surface area contributed by atoms with Crippen LogP contribution < -0.4 is 10.0 Å². The molecule has 3 aromatic heterocycles. The number of ether oxygens (including phenoxy) is 3. The number of esters is 2. The van der Waals surface area contributed by atoms with Gasteiger partial charge >= 0.3 is 11.9 Å². The van der Waals surface area contributed by atoms with E-state index in [2.05, 4.69) is 54.7 Å². The van der Waals surface area contributed by atoms with Gasteiger partial charge in [-0.05, 0) is 29.2 Å². The van der Waals surface area contributed by atoms with Gasteiger partial charge in [0.05, 0.1) is 25.2 Å². The molecule has 1 aliphatic heterocycles. The van der Waals surface area contributed by atoms with Gasteiger partial charge in [-0.15, -0.1) is 10.2 Å². The molecule has 0 bridgehead atoms. The summed E-state index contributed by atoms with van der Waals surface area (Å²) in [6.07, 6.45) is -3.11. The van der Waals surface area contributed by atoms with Crippen molar-refractivity contribution in [3.63, 3.8) is 0 Å². The molecule has 0 unspecified atom stereocenters. The van der Waals surface area contributed by atoms with E-state index in [0.717, 1.165) is 11.1 Å². The van der Waals surface area contributed by atoms with Gasteiger partial charge in [0.25, 0.3) is 0 Å². The monoisotopic (exact) mass is 746 g/mol. The lowest BCUT2D eigenvalue weighted by molar-refractivity contribution is -0.165. The van der Waals surface area contributed by atoms with Crippen LogP contribution in [0.5, 0.6) is 0 Å². The minimum absolute atomic E-state index is 0.0797. The Balaban J connectivity index is 1.43.